The summed E-state index contributed by atoms with van der Waals surface area (Å²) in [7, 11) is -3.62. The Morgan fingerprint density at radius 2 is 1.53 bits per heavy atom. The van der Waals surface area contributed by atoms with Gasteiger partial charge in [0.25, 0.3) is 0 Å². The standard InChI is InChI=1S/C7H7ClNO2S.C4H10.Na/c1-6-2-4-7(5-3-6)12(10,11)9-8;1-3-4-2;/h2-5H,1H3;3-4H2,1-2H3;/q-1;;+1. The molecule has 0 heterocycles. The zero-order valence-electron chi connectivity index (χ0n) is 10.8. The van der Waals surface area contributed by atoms with Gasteiger partial charge in [0.2, 0.25) is 0 Å². The van der Waals surface area contributed by atoms with Gasteiger partial charge in [0, 0.05) is 4.90 Å². The van der Waals surface area contributed by atoms with Gasteiger partial charge in [-0.3, -0.25) is 11.8 Å². The fourth-order valence-corrected chi connectivity index (χ4v) is 1.55. The van der Waals surface area contributed by atoms with Gasteiger partial charge in [-0.15, -0.1) is 0 Å². The van der Waals surface area contributed by atoms with Crippen LogP contribution in [0.25, 0.3) is 4.24 Å². The topological polar surface area (TPSA) is 48.2 Å². The van der Waals surface area contributed by atoms with Crippen LogP contribution in [0.3, 0.4) is 0 Å². The number of hydrogen-bond acceptors (Lipinski definition) is 2. The Hall–Kier alpha value is 0.420. The number of nitrogens with zero attached hydrogens (tertiary/aromatic N) is 1. The third-order valence-electron chi connectivity index (χ3n) is 1.91. The van der Waals surface area contributed by atoms with Crippen LogP contribution < -0.4 is 29.6 Å². The summed E-state index contributed by atoms with van der Waals surface area (Å²) in [4.78, 5) is 0.114. The summed E-state index contributed by atoms with van der Waals surface area (Å²) in [6.07, 6.45) is 2.64. The Morgan fingerprint density at radius 3 is 1.82 bits per heavy atom. The first-order valence-electron chi connectivity index (χ1n) is 5.12. The number of halogens is 1. The zero-order valence-corrected chi connectivity index (χ0v) is 14.3. The molecule has 0 radical (unpaired) electrons. The molecule has 0 aromatic heterocycles. The van der Waals surface area contributed by atoms with E-state index >= 15 is 0 Å². The molecule has 0 atom stereocenters. The van der Waals surface area contributed by atoms with Crippen molar-refractivity contribution < 1.29 is 38.0 Å². The molecule has 92 valence electrons. The molecule has 1 rings (SSSR count). The van der Waals surface area contributed by atoms with E-state index in [2.05, 4.69) is 18.1 Å². The van der Waals surface area contributed by atoms with E-state index in [1.165, 1.54) is 25.0 Å². The summed E-state index contributed by atoms with van der Waals surface area (Å²) >= 11 is 4.90. The average molecular weight is 286 g/mol. The van der Waals surface area contributed by atoms with Crippen LogP contribution in [0.5, 0.6) is 0 Å². The van der Waals surface area contributed by atoms with Crippen LogP contribution in [-0.2, 0) is 10.0 Å². The van der Waals surface area contributed by atoms with E-state index in [0.29, 0.717) is 0 Å². The normalized spacial score (nSPS) is 9.88. The molecule has 0 aliphatic heterocycles. The van der Waals surface area contributed by atoms with Crippen molar-refractivity contribution in [1.29, 1.82) is 0 Å². The molecule has 3 nitrogen and oxygen atoms in total. The zero-order chi connectivity index (χ0) is 12.6. The predicted octanol–water partition coefficient (Wildman–Crippen LogP) is 1.02. The van der Waals surface area contributed by atoms with Crippen molar-refractivity contribution in [3.05, 3.63) is 34.1 Å². The van der Waals surface area contributed by atoms with E-state index in [-0.39, 0.29) is 34.5 Å². The maximum Gasteiger partial charge on any atom is 1.00 e. The molecule has 0 spiro atoms. The molecular formula is C11H17ClNNaO2S. The van der Waals surface area contributed by atoms with Crippen LogP contribution in [0.1, 0.15) is 32.3 Å². The number of rotatable bonds is 3. The van der Waals surface area contributed by atoms with E-state index in [4.69, 9.17) is 11.8 Å². The molecule has 17 heavy (non-hydrogen) atoms. The van der Waals surface area contributed by atoms with E-state index in [0.717, 1.165) is 5.56 Å². The van der Waals surface area contributed by atoms with Crippen LogP contribution in [0, 0.1) is 6.92 Å². The molecule has 0 amide bonds. The molecule has 1 aromatic rings. The molecule has 0 aliphatic rings. The monoisotopic (exact) mass is 285 g/mol. The largest absolute Gasteiger partial charge is 1.00 e. The van der Waals surface area contributed by atoms with Crippen molar-refractivity contribution in [2.45, 2.75) is 38.5 Å². The molecule has 1 aromatic carbocycles. The number of aryl methyl sites for hydroxylation is 1. The molecule has 0 fully saturated rings. The van der Waals surface area contributed by atoms with Crippen molar-refractivity contribution in [3.63, 3.8) is 0 Å². The Labute approximate surface area is 131 Å². The molecule has 6 heteroatoms. The quantitative estimate of drug-likeness (QED) is 0.779. The van der Waals surface area contributed by atoms with E-state index in [1.807, 2.05) is 6.92 Å². The van der Waals surface area contributed by atoms with Crippen molar-refractivity contribution in [3.8, 4) is 0 Å². The van der Waals surface area contributed by atoms with Crippen LogP contribution in [0.4, 0.5) is 0 Å². The summed E-state index contributed by atoms with van der Waals surface area (Å²) in [5.74, 6) is 0. The second kappa shape index (κ2) is 10.4. The molecular weight excluding hydrogens is 269 g/mol. The summed E-state index contributed by atoms with van der Waals surface area (Å²) in [6.45, 7) is 6.23. The second-order valence-electron chi connectivity index (χ2n) is 3.36. The van der Waals surface area contributed by atoms with Crippen LogP contribution in [0.15, 0.2) is 29.2 Å². The van der Waals surface area contributed by atoms with Crippen molar-refractivity contribution >= 4 is 21.8 Å². The van der Waals surface area contributed by atoms with Crippen molar-refractivity contribution in [1.82, 2.24) is 0 Å². The fourth-order valence-electron chi connectivity index (χ4n) is 0.750. The maximum atomic E-state index is 11.0. The Balaban J connectivity index is 0. The van der Waals surface area contributed by atoms with Gasteiger partial charge in [-0.2, -0.15) is 0 Å². The van der Waals surface area contributed by atoms with E-state index < -0.39 is 10.0 Å². The predicted molar refractivity (Wildman–Crippen MR) is 68.2 cm³/mol. The maximum absolute atomic E-state index is 11.0. The number of hydrogen-bond donors (Lipinski definition) is 0. The summed E-state index contributed by atoms with van der Waals surface area (Å²) in [6, 6.07) is 6.32. The van der Waals surface area contributed by atoms with Gasteiger partial charge in [0.05, 0.1) is 0 Å². The first-order valence-corrected chi connectivity index (χ1v) is 6.90. The van der Waals surface area contributed by atoms with Gasteiger partial charge < -0.3 is 4.24 Å². The van der Waals surface area contributed by atoms with Crippen LogP contribution in [0.2, 0.25) is 0 Å². The minimum absolute atomic E-state index is 0. The van der Waals surface area contributed by atoms with E-state index in [9.17, 15) is 8.42 Å². The Bertz CT molecular complexity index is 390. The SMILES string of the molecule is CCCC.Cc1ccc(S(=O)(=O)[N-]Cl)cc1.[Na+]. The van der Waals surface area contributed by atoms with Crippen molar-refractivity contribution in [2.24, 2.45) is 0 Å². The Kier molecular flexibility index (Phi) is 12.0. The average Bonchev–Trinajstić information content (AvgIpc) is 2.30. The minimum atomic E-state index is -3.62. The van der Waals surface area contributed by atoms with E-state index in [1.54, 1.807) is 12.1 Å². The summed E-state index contributed by atoms with van der Waals surface area (Å²) in [5, 5.41) is 0. The second-order valence-corrected chi connectivity index (χ2v) is 5.33. The number of sulfonamides is 1. The number of benzene rings is 1. The van der Waals surface area contributed by atoms with Gasteiger partial charge in [0.15, 0.2) is 0 Å². The molecule has 0 saturated heterocycles. The summed E-state index contributed by atoms with van der Waals surface area (Å²) < 4.78 is 24.8. The number of unbranched alkanes of at least 4 members (excludes halogenated alkanes) is 1. The third kappa shape index (κ3) is 8.19. The van der Waals surface area contributed by atoms with Crippen molar-refractivity contribution in [2.75, 3.05) is 0 Å². The van der Waals surface area contributed by atoms with Gasteiger partial charge in [0.1, 0.15) is 10.0 Å². The first kappa shape index (κ1) is 19.8. The smallest absolute Gasteiger partial charge is 0.458 e. The van der Waals surface area contributed by atoms with Gasteiger partial charge in [-0.1, -0.05) is 44.4 Å². The molecule has 0 aliphatic carbocycles. The molecule has 0 unspecified atom stereocenters. The van der Waals surface area contributed by atoms with Crippen LogP contribution >= 0.6 is 11.8 Å². The molecule has 0 saturated carbocycles. The molecule has 0 bridgehead atoms. The Morgan fingerprint density at radius 1 is 1.12 bits per heavy atom. The fraction of sp³-hybridized carbons (Fsp3) is 0.455. The summed E-state index contributed by atoms with van der Waals surface area (Å²) in [5.41, 5.74) is 0.989. The first-order chi connectivity index (χ1) is 7.47. The van der Waals surface area contributed by atoms with Gasteiger partial charge in [-0.25, -0.2) is 8.42 Å². The van der Waals surface area contributed by atoms with Gasteiger partial charge in [-0.05, 0) is 19.1 Å². The van der Waals surface area contributed by atoms with Crippen LogP contribution in [-0.4, -0.2) is 8.42 Å². The minimum Gasteiger partial charge on any atom is -0.458 e. The molecule has 0 N–H and O–H groups in total. The van der Waals surface area contributed by atoms with Gasteiger partial charge >= 0.3 is 29.6 Å². The third-order valence-corrected chi connectivity index (χ3v) is 3.50.